The van der Waals surface area contributed by atoms with Gasteiger partial charge in [0.2, 0.25) is 5.91 Å². The maximum absolute atomic E-state index is 12.6. The summed E-state index contributed by atoms with van der Waals surface area (Å²) in [5.41, 5.74) is 11.6. The Hall–Kier alpha value is -4.47. The third kappa shape index (κ3) is 7.92. The van der Waals surface area contributed by atoms with Gasteiger partial charge in [0.25, 0.3) is 5.91 Å². The Morgan fingerprint density at radius 2 is 1.55 bits per heavy atom. The number of nitrogens with zero attached hydrogens (tertiary/aromatic N) is 3. The van der Waals surface area contributed by atoms with Gasteiger partial charge in [0.15, 0.2) is 0 Å². The number of imidazole rings is 1. The summed E-state index contributed by atoms with van der Waals surface area (Å²) in [4.78, 5) is 30.1. The number of carbonyl (C=O) groups excluding carboxylic acids is 2. The van der Waals surface area contributed by atoms with Gasteiger partial charge >= 0.3 is 0 Å². The summed E-state index contributed by atoms with van der Waals surface area (Å²) in [6, 6.07) is 7.22. The average Bonchev–Trinajstić information content (AvgIpc) is 3.26. The summed E-state index contributed by atoms with van der Waals surface area (Å²) in [6.45, 7) is 21.5. The number of nitrogen functional groups attached to an aromatic ring is 1. The van der Waals surface area contributed by atoms with Crippen LogP contribution in [0.1, 0.15) is 80.1 Å². The van der Waals surface area contributed by atoms with Gasteiger partial charge in [-0.2, -0.15) is 0 Å². The van der Waals surface area contributed by atoms with E-state index in [1.165, 1.54) is 17.8 Å². The number of aromatic nitrogens is 2. The van der Waals surface area contributed by atoms with Gasteiger partial charge in [0.1, 0.15) is 23.0 Å². The number of aryl methyl sites for hydroxylation is 2. The standard InChI is InChI=1S/C23H31N5O3.C11H17NO/c1-7-21(30)28-12-15(13-28)26-22(31)18-10-25-20(27(18)6)11-24-17-9-16(23(3,4)5)14(2)8-19(17)29;1-7-5-10(13)9(12)6-8(7)11(2,3)4/h7-10,15,24,29H,1,11-13H2,2-6H3,(H,26,31);5-6,13H,12H2,1-4H3. The molecule has 1 aromatic heterocycles. The van der Waals surface area contributed by atoms with Crippen molar-refractivity contribution >= 4 is 23.2 Å². The van der Waals surface area contributed by atoms with Crippen molar-refractivity contribution < 1.29 is 19.8 Å². The van der Waals surface area contributed by atoms with E-state index in [1.807, 2.05) is 26.0 Å². The molecule has 44 heavy (non-hydrogen) atoms. The van der Waals surface area contributed by atoms with Crippen molar-refractivity contribution in [2.45, 2.75) is 78.8 Å². The van der Waals surface area contributed by atoms with Gasteiger partial charge in [0, 0.05) is 20.1 Å². The fourth-order valence-corrected chi connectivity index (χ4v) is 5.30. The first-order valence-corrected chi connectivity index (χ1v) is 14.7. The second kappa shape index (κ2) is 13.0. The number of phenols is 2. The van der Waals surface area contributed by atoms with Crippen LogP contribution in [0.5, 0.6) is 11.5 Å². The molecule has 4 rings (SSSR count). The number of likely N-dealkylation sites (tertiary alicyclic amines) is 1. The minimum Gasteiger partial charge on any atom is -0.506 e. The molecule has 0 atom stereocenters. The van der Waals surface area contributed by atoms with Crippen LogP contribution < -0.4 is 16.4 Å². The van der Waals surface area contributed by atoms with Crippen LogP contribution in [0.25, 0.3) is 0 Å². The number of nitrogens with two attached hydrogens (primary N) is 1. The Labute approximate surface area is 261 Å². The number of rotatable bonds is 6. The molecule has 0 saturated carbocycles. The van der Waals surface area contributed by atoms with Crippen LogP contribution in [0, 0.1) is 13.8 Å². The van der Waals surface area contributed by atoms with E-state index in [4.69, 9.17) is 5.73 Å². The Bertz CT molecular complexity index is 1540. The highest BCUT2D eigenvalue weighted by atomic mass is 16.3. The summed E-state index contributed by atoms with van der Waals surface area (Å²) in [5, 5.41) is 25.9. The highest BCUT2D eigenvalue weighted by Gasteiger charge is 2.31. The second-order valence-corrected chi connectivity index (χ2v) is 13.5. The van der Waals surface area contributed by atoms with E-state index in [-0.39, 0.29) is 40.2 Å². The summed E-state index contributed by atoms with van der Waals surface area (Å²) < 4.78 is 1.73. The van der Waals surface area contributed by atoms with Gasteiger partial charge in [-0.1, -0.05) is 48.1 Å². The lowest BCUT2D eigenvalue weighted by molar-refractivity contribution is -0.130. The zero-order valence-corrected chi connectivity index (χ0v) is 27.5. The molecule has 3 aromatic rings. The molecule has 1 aliphatic heterocycles. The predicted molar refractivity (Wildman–Crippen MR) is 176 cm³/mol. The van der Waals surface area contributed by atoms with E-state index in [1.54, 1.807) is 28.6 Å². The Kier molecular flexibility index (Phi) is 10.1. The molecule has 1 fully saturated rings. The van der Waals surface area contributed by atoms with E-state index >= 15 is 0 Å². The fourth-order valence-electron chi connectivity index (χ4n) is 5.30. The molecule has 2 aromatic carbocycles. The molecule has 6 N–H and O–H groups in total. The van der Waals surface area contributed by atoms with Crippen molar-refractivity contribution in [2.75, 3.05) is 24.1 Å². The molecule has 0 unspecified atom stereocenters. The lowest BCUT2D eigenvalue weighted by Gasteiger charge is -2.38. The molecule has 238 valence electrons. The smallest absolute Gasteiger partial charge is 0.269 e. The minimum absolute atomic E-state index is 0.0456. The van der Waals surface area contributed by atoms with Crippen molar-refractivity contribution in [1.82, 2.24) is 19.8 Å². The number of aromatic hydroxyl groups is 2. The second-order valence-electron chi connectivity index (χ2n) is 13.5. The lowest BCUT2D eigenvalue weighted by atomic mass is 9.83. The molecule has 1 aliphatic rings. The van der Waals surface area contributed by atoms with Gasteiger partial charge < -0.3 is 36.0 Å². The normalized spacial score (nSPS) is 13.4. The largest absolute Gasteiger partial charge is 0.506 e. The van der Waals surface area contributed by atoms with Crippen LogP contribution >= 0.6 is 0 Å². The van der Waals surface area contributed by atoms with Gasteiger partial charge in [-0.15, -0.1) is 0 Å². The number of amides is 2. The van der Waals surface area contributed by atoms with Crippen LogP contribution in [0.2, 0.25) is 0 Å². The van der Waals surface area contributed by atoms with E-state index in [0.717, 1.165) is 16.7 Å². The van der Waals surface area contributed by atoms with Crippen LogP contribution in [-0.4, -0.2) is 55.6 Å². The van der Waals surface area contributed by atoms with Crippen molar-refractivity contribution in [3.05, 3.63) is 76.9 Å². The third-order valence-electron chi connectivity index (χ3n) is 7.79. The number of benzene rings is 2. The van der Waals surface area contributed by atoms with E-state index < -0.39 is 0 Å². The van der Waals surface area contributed by atoms with Gasteiger partial charge in [0.05, 0.1) is 30.2 Å². The maximum atomic E-state index is 12.6. The summed E-state index contributed by atoms with van der Waals surface area (Å²) in [6.07, 6.45) is 2.81. The van der Waals surface area contributed by atoms with Crippen LogP contribution in [-0.2, 0) is 29.2 Å². The molecule has 0 radical (unpaired) electrons. The molecule has 2 heterocycles. The van der Waals surface area contributed by atoms with Gasteiger partial charge in [-0.25, -0.2) is 4.98 Å². The van der Waals surface area contributed by atoms with Crippen LogP contribution in [0.4, 0.5) is 11.4 Å². The van der Waals surface area contributed by atoms with E-state index in [9.17, 15) is 19.8 Å². The number of phenolic OH excluding ortho intramolecular Hbond substituents is 2. The third-order valence-corrected chi connectivity index (χ3v) is 7.79. The number of anilines is 2. The first-order chi connectivity index (χ1) is 20.3. The quantitative estimate of drug-likeness (QED) is 0.150. The molecular formula is C34H48N6O4. The molecule has 0 aliphatic carbocycles. The van der Waals surface area contributed by atoms with Crippen LogP contribution in [0.3, 0.4) is 0 Å². The van der Waals surface area contributed by atoms with E-state index in [0.29, 0.717) is 42.5 Å². The molecular weight excluding hydrogens is 556 g/mol. The van der Waals surface area contributed by atoms with Gasteiger partial charge in [-0.05, 0) is 77.3 Å². The lowest BCUT2D eigenvalue weighted by Crippen LogP contribution is -2.60. The van der Waals surface area contributed by atoms with E-state index in [2.05, 4.69) is 63.7 Å². The fraction of sp³-hybridized carbons (Fsp3) is 0.441. The minimum atomic E-state index is -0.231. The number of hydrogen-bond acceptors (Lipinski definition) is 7. The number of hydrogen-bond donors (Lipinski definition) is 5. The summed E-state index contributed by atoms with van der Waals surface area (Å²) in [7, 11) is 1.78. The highest BCUT2D eigenvalue weighted by molar-refractivity contribution is 5.93. The Balaban J connectivity index is 0.000000340. The van der Waals surface area contributed by atoms with Crippen molar-refractivity contribution in [1.29, 1.82) is 0 Å². The summed E-state index contributed by atoms with van der Waals surface area (Å²) >= 11 is 0. The van der Waals surface area contributed by atoms with Crippen molar-refractivity contribution in [3.63, 3.8) is 0 Å². The molecule has 2 amide bonds. The average molecular weight is 605 g/mol. The molecule has 0 bridgehead atoms. The first-order valence-electron chi connectivity index (χ1n) is 14.7. The zero-order valence-electron chi connectivity index (χ0n) is 27.5. The Morgan fingerprint density at radius 3 is 2.09 bits per heavy atom. The predicted octanol–water partition coefficient (Wildman–Crippen LogP) is 5.05. The molecule has 10 nitrogen and oxygen atoms in total. The maximum Gasteiger partial charge on any atom is 0.269 e. The molecule has 1 saturated heterocycles. The summed E-state index contributed by atoms with van der Waals surface area (Å²) in [5.74, 6) is 0.657. The highest BCUT2D eigenvalue weighted by Crippen LogP contribution is 2.34. The SMILES string of the molecule is C=CC(=O)N1CC(NC(=O)c2cnc(CNc3cc(C(C)(C)C)c(C)cc3O)n2C)C1.Cc1cc(O)c(N)cc1C(C)(C)C. The van der Waals surface area contributed by atoms with Crippen molar-refractivity contribution in [3.8, 4) is 11.5 Å². The molecule has 0 spiro atoms. The topological polar surface area (TPSA) is 146 Å². The Morgan fingerprint density at radius 1 is 1.00 bits per heavy atom. The van der Waals surface area contributed by atoms with Gasteiger partial charge in [-0.3, -0.25) is 9.59 Å². The number of carbonyl (C=O) groups is 2. The molecule has 10 heteroatoms. The first kappa shape index (κ1) is 34.0. The number of nitrogens with one attached hydrogen (secondary N) is 2. The zero-order chi connectivity index (χ0) is 33.1. The van der Waals surface area contributed by atoms with Crippen LogP contribution in [0.15, 0.2) is 43.1 Å². The van der Waals surface area contributed by atoms with Crippen molar-refractivity contribution in [2.24, 2.45) is 7.05 Å². The monoisotopic (exact) mass is 604 g/mol.